The summed E-state index contributed by atoms with van der Waals surface area (Å²) in [5.74, 6) is -0.937. The smallest absolute Gasteiger partial charge is 0.273 e. The quantitative estimate of drug-likeness (QED) is 0.635. The molecular formula is C23H23FN4O3. The highest BCUT2D eigenvalue weighted by Crippen LogP contribution is 2.24. The molecule has 8 heteroatoms. The number of carbonyl (C=O) groups excluding carboxylic acids is 2. The first kappa shape index (κ1) is 20.7. The number of hydrogen-bond acceptors (Lipinski definition) is 4. The molecule has 3 heterocycles. The second-order valence-electron chi connectivity index (χ2n) is 7.25. The third-order valence-corrected chi connectivity index (χ3v) is 5.27. The number of aromatic nitrogens is 2. The van der Waals surface area contributed by atoms with Gasteiger partial charge in [0.05, 0.1) is 36.7 Å². The van der Waals surface area contributed by atoms with Gasteiger partial charge in [-0.1, -0.05) is 37.3 Å². The Kier molecular flexibility index (Phi) is 6.08. The molecule has 0 fully saturated rings. The van der Waals surface area contributed by atoms with Crippen molar-refractivity contribution in [2.24, 2.45) is 0 Å². The van der Waals surface area contributed by atoms with Gasteiger partial charge < -0.3 is 19.9 Å². The molecule has 4 rings (SSSR count). The van der Waals surface area contributed by atoms with E-state index in [9.17, 15) is 14.0 Å². The molecule has 0 saturated heterocycles. The molecule has 0 spiro atoms. The van der Waals surface area contributed by atoms with E-state index in [1.807, 2.05) is 37.3 Å². The predicted molar refractivity (Wildman–Crippen MR) is 113 cm³/mol. The van der Waals surface area contributed by atoms with Crippen LogP contribution in [0.2, 0.25) is 0 Å². The fourth-order valence-corrected chi connectivity index (χ4v) is 3.68. The Bertz CT molecular complexity index is 1080. The molecule has 0 saturated carbocycles. The lowest BCUT2D eigenvalue weighted by Crippen LogP contribution is -2.29. The summed E-state index contributed by atoms with van der Waals surface area (Å²) in [4.78, 5) is 29.9. The Hall–Kier alpha value is -3.52. The zero-order valence-corrected chi connectivity index (χ0v) is 17.1. The average Bonchev–Trinajstić information content (AvgIpc) is 3.19. The van der Waals surface area contributed by atoms with E-state index >= 15 is 0 Å². The van der Waals surface area contributed by atoms with Gasteiger partial charge in [0.1, 0.15) is 17.3 Å². The molecule has 1 atom stereocenters. The van der Waals surface area contributed by atoms with Crippen LogP contribution in [0.4, 0.5) is 10.2 Å². The van der Waals surface area contributed by atoms with Crippen molar-refractivity contribution in [2.45, 2.75) is 32.5 Å². The van der Waals surface area contributed by atoms with E-state index < -0.39 is 11.7 Å². The highest BCUT2D eigenvalue weighted by molar-refractivity contribution is 6.06. The summed E-state index contributed by atoms with van der Waals surface area (Å²) >= 11 is 0. The summed E-state index contributed by atoms with van der Waals surface area (Å²) in [5.41, 5.74) is 2.42. The van der Waals surface area contributed by atoms with Gasteiger partial charge in [-0.2, -0.15) is 0 Å². The number of anilines is 1. The Morgan fingerprint density at radius 2 is 2.00 bits per heavy atom. The first-order chi connectivity index (χ1) is 15.1. The number of nitrogens with one attached hydrogen (secondary N) is 2. The summed E-state index contributed by atoms with van der Waals surface area (Å²) in [7, 11) is 0. The number of amides is 2. The maximum atomic E-state index is 13.1. The number of fused-ring (bicyclic) bond motifs is 1. The molecule has 2 amide bonds. The van der Waals surface area contributed by atoms with E-state index in [0.717, 1.165) is 18.2 Å². The second kappa shape index (κ2) is 9.09. The van der Waals surface area contributed by atoms with Crippen molar-refractivity contribution in [3.8, 4) is 0 Å². The van der Waals surface area contributed by atoms with Crippen LogP contribution in [-0.2, 0) is 17.9 Å². The van der Waals surface area contributed by atoms with Crippen LogP contribution in [0.3, 0.4) is 0 Å². The molecule has 31 heavy (non-hydrogen) atoms. The van der Waals surface area contributed by atoms with Crippen LogP contribution >= 0.6 is 0 Å². The molecule has 2 N–H and O–H groups in total. The normalized spacial score (nSPS) is 13.9. The number of nitrogens with zero attached hydrogens (tertiary/aromatic N) is 2. The third kappa shape index (κ3) is 4.49. The van der Waals surface area contributed by atoms with E-state index in [2.05, 4.69) is 15.6 Å². The van der Waals surface area contributed by atoms with Gasteiger partial charge in [0.2, 0.25) is 0 Å². The zero-order valence-electron chi connectivity index (χ0n) is 17.1. The van der Waals surface area contributed by atoms with Crippen molar-refractivity contribution in [3.63, 3.8) is 0 Å². The van der Waals surface area contributed by atoms with Crippen molar-refractivity contribution in [2.75, 3.05) is 11.9 Å². The van der Waals surface area contributed by atoms with Gasteiger partial charge in [-0.3, -0.25) is 9.59 Å². The van der Waals surface area contributed by atoms with Crippen molar-refractivity contribution >= 4 is 17.6 Å². The first-order valence-corrected chi connectivity index (χ1v) is 10.2. The first-order valence-electron chi connectivity index (χ1n) is 10.2. The standard InChI is InChI=1S/C23H23FN4O3/c1-2-18(15-6-4-3-5-7-15)26-22(29)17-12-19(28-10-11-31-14-20(17)28)23(30)27-21-9-8-16(24)13-25-21/h3-9,12-13,18H,2,10-11,14H2,1H3,(H,26,29)(H,25,27,30)/t18-/m1/s1. The van der Waals surface area contributed by atoms with Gasteiger partial charge in [0, 0.05) is 6.54 Å². The molecule has 7 nitrogen and oxygen atoms in total. The summed E-state index contributed by atoms with van der Waals surface area (Å²) in [6.45, 7) is 3.15. The van der Waals surface area contributed by atoms with Gasteiger partial charge in [0.15, 0.2) is 0 Å². The van der Waals surface area contributed by atoms with Crippen LogP contribution < -0.4 is 10.6 Å². The van der Waals surface area contributed by atoms with E-state index in [0.29, 0.717) is 30.1 Å². The van der Waals surface area contributed by atoms with Crippen molar-refractivity contribution < 1.29 is 18.7 Å². The maximum absolute atomic E-state index is 13.1. The lowest BCUT2D eigenvalue weighted by atomic mass is 10.0. The Morgan fingerprint density at radius 1 is 1.19 bits per heavy atom. The van der Waals surface area contributed by atoms with Crippen LogP contribution in [0.5, 0.6) is 0 Å². The molecule has 1 aromatic carbocycles. The van der Waals surface area contributed by atoms with Gasteiger partial charge >= 0.3 is 0 Å². The van der Waals surface area contributed by atoms with Gasteiger partial charge in [-0.15, -0.1) is 0 Å². The number of hydrogen-bond donors (Lipinski definition) is 2. The van der Waals surface area contributed by atoms with E-state index in [1.54, 1.807) is 10.6 Å². The van der Waals surface area contributed by atoms with E-state index in [4.69, 9.17) is 4.74 Å². The van der Waals surface area contributed by atoms with Gasteiger partial charge in [-0.25, -0.2) is 9.37 Å². The summed E-state index contributed by atoms with van der Waals surface area (Å²) < 4.78 is 20.4. The van der Waals surface area contributed by atoms with Crippen molar-refractivity contribution in [1.82, 2.24) is 14.9 Å². The lowest BCUT2D eigenvalue weighted by Gasteiger charge is -2.20. The number of ether oxygens (including phenoxy) is 1. The second-order valence-corrected chi connectivity index (χ2v) is 7.25. The predicted octanol–water partition coefficient (Wildman–Crippen LogP) is 3.69. The summed E-state index contributed by atoms with van der Waals surface area (Å²) in [6.07, 6.45) is 1.76. The van der Waals surface area contributed by atoms with Gasteiger partial charge in [0.25, 0.3) is 11.8 Å². The van der Waals surface area contributed by atoms with Crippen LogP contribution in [0.15, 0.2) is 54.7 Å². The average molecular weight is 422 g/mol. The fraction of sp³-hybridized carbons (Fsp3) is 0.261. The zero-order chi connectivity index (χ0) is 21.8. The number of carbonyl (C=O) groups is 2. The largest absolute Gasteiger partial charge is 0.373 e. The Labute approximate surface area is 179 Å². The number of rotatable bonds is 6. The maximum Gasteiger partial charge on any atom is 0.273 e. The van der Waals surface area contributed by atoms with Crippen molar-refractivity contribution in [1.29, 1.82) is 0 Å². The number of halogens is 1. The van der Waals surface area contributed by atoms with E-state index in [-0.39, 0.29) is 24.4 Å². The highest BCUT2D eigenvalue weighted by atomic mass is 19.1. The molecule has 1 aliphatic rings. The van der Waals surface area contributed by atoms with Crippen LogP contribution in [-0.4, -0.2) is 28.0 Å². The molecule has 0 aliphatic carbocycles. The van der Waals surface area contributed by atoms with E-state index in [1.165, 1.54) is 12.1 Å². The van der Waals surface area contributed by atoms with Gasteiger partial charge in [-0.05, 0) is 30.2 Å². The minimum Gasteiger partial charge on any atom is -0.373 e. The summed E-state index contributed by atoms with van der Waals surface area (Å²) in [6, 6.07) is 13.8. The van der Waals surface area contributed by atoms with Crippen LogP contribution in [0.25, 0.3) is 0 Å². The molecular weight excluding hydrogens is 399 g/mol. The van der Waals surface area contributed by atoms with Crippen LogP contribution in [0.1, 0.15) is 51.5 Å². The summed E-state index contributed by atoms with van der Waals surface area (Å²) in [5, 5.41) is 5.72. The molecule has 0 unspecified atom stereocenters. The molecule has 1 aliphatic heterocycles. The number of pyridine rings is 1. The highest BCUT2D eigenvalue weighted by Gasteiger charge is 2.27. The fourth-order valence-electron chi connectivity index (χ4n) is 3.68. The Morgan fingerprint density at radius 3 is 2.71 bits per heavy atom. The molecule has 2 aromatic heterocycles. The monoisotopic (exact) mass is 422 g/mol. The van der Waals surface area contributed by atoms with Crippen molar-refractivity contribution in [3.05, 3.63) is 83.1 Å². The SMILES string of the molecule is CC[C@@H](NC(=O)c1cc(C(=O)Nc2ccc(F)cn2)n2c1COCC2)c1ccccc1. The Balaban J connectivity index is 1.59. The third-order valence-electron chi connectivity index (χ3n) is 5.27. The molecule has 160 valence electrons. The lowest BCUT2D eigenvalue weighted by molar-refractivity contribution is 0.0787. The molecule has 0 radical (unpaired) electrons. The number of benzene rings is 1. The minimum atomic E-state index is -0.488. The minimum absolute atomic E-state index is 0.144. The van der Waals surface area contributed by atoms with Crippen LogP contribution in [0, 0.1) is 5.82 Å². The topological polar surface area (TPSA) is 85.3 Å². The molecule has 0 bridgehead atoms. The molecule has 3 aromatic rings.